The van der Waals surface area contributed by atoms with Crippen LogP contribution in [0.5, 0.6) is 0 Å². The van der Waals surface area contributed by atoms with Gasteiger partial charge in [0.2, 0.25) is 10.0 Å². The number of hydrogen-bond acceptors (Lipinski definition) is 4. The molecule has 27 heavy (non-hydrogen) atoms. The van der Waals surface area contributed by atoms with Gasteiger partial charge < -0.3 is 0 Å². The van der Waals surface area contributed by atoms with E-state index in [4.69, 9.17) is 11.6 Å². The topological polar surface area (TPSA) is 68.2 Å². The van der Waals surface area contributed by atoms with Crippen molar-refractivity contribution in [3.8, 4) is 0 Å². The first-order valence-electron chi connectivity index (χ1n) is 8.71. The first kappa shape index (κ1) is 20.1. The van der Waals surface area contributed by atoms with E-state index in [-0.39, 0.29) is 15.8 Å². The number of fused-ring (bicyclic) bond motifs is 1. The largest absolute Gasteiger partial charge is 0.308 e. The first-order valence-corrected chi connectivity index (χ1v) is 11.4. The molecule has 0 saturated carbocycles. The molecule has 0 bridgehead atoms. The lowest BCUT2D eigenvalue weighted by molar-refractivity contribution is 0.544. The van der Waals surface area contributed by atoms with E-state index in [1.165, 1.54) is 0 Å². The van der Waals surface area contributed by atoms with Gasteiger partial charge >= 0.3 is 4.87 Å². The van der Waals surface area contributed by atoms with Gasteiger partial charge in [0.25, 0.3) is 0 Å². The van der Waals surface area contributed by atoms with Gasteiger partial charge in [0.1, 0.15) is 0 Å². The summed E-state index contributed by atoms with van der Waals surface area (Å²) in [6, 6.07) is 12.0. The van der Waals surface area contributed by atoms with Crippen LogP contribution in [-0.4, -0.2) is 19.0 Å². The molecule has 0 saturated heterocycles. The molecular weight excluding hydrogens is 404 g/mol. The van der Waals surface area contributed by atoms with E-state index in [2.05, 4.69) is 4.72 Å². The predicted octanol–water partition coefficient (Wildman–Crippen LogP) is 4.23. The third-order valence-corrected chi connectivity index (χ3v) is 7.21. The molecule has 1 N–H and O–H groups in total. The number of nitrogens with zero attached hydrogens (tertiary/aromatic N) is 1. The SMILES string of the molecule is CCCC(C)NS(=O)(=O)c1ccc2c(c1)sc(=O)n2Cc1ccccc1Cl. The third-order valence-electron chi connectivity index (χ3n) is 4.31. The monoisotopic (exact) mass is 424 g/mol. The summed E-state index contributed by atoms with van der Waals surface area (Å²) in [6.07, 6.45) is 1.66. The van der Waals surface area contributed by atoms with Gasteiger partial charge in [0.05, 0.1) is 21.7 Å². The summed E-state index contributed by atoms with van der Waals surface area (Å²) >= 11 is 7.24. The van der Waals surface area contributed by atoms with E-state index in [9.17, 15) is 13.2 Å². The van der Waals surface area contributed by atoms with E-state index >= 15 is 0 Å². The molecule has 0 amide bonds. The summed E-state index contributed by atoms with van der Waals surface area (Å²) in [4.78, 5) is 12.5. The third kappa shape index (κ3) is 4.43. The normalized spacial score (nSPS) is 13.1. The van der Waals surface area contributed by atoms with Crippen LogP contribution in [0.2, 0.25) is 5.02 Å². The Hall–Kier alpha value is -1.67. The Morgan fingerprint density at radius 2 is 1.96 bits per heavy atom. The van der Waals surface area contributed by atoms with E-state index in [1.54, 1.807) is 28.8 Å². The minimum Gasteiger partial charge on any atom is -0.294 e. The lowest BCUT2D eigenvalue weighted by Crippen LogP contribution is -2.32. The van der Waals surface area contributed by atoms with Crippen LogP contribution in [0.25, 0.3) is 10.2 Å². The molecule has 0 fully saturated rings. The van der Waals surface area contributed by atoms with E-state index < -0.39 is 10.0 Å². The Bertz CT molecular complexity index is 1120. The average molecular weight is 425 g/mol. The summed E-state index contributed by atoms with van der Waals surface area (Å²) in [5.74, 6) is 0. The van der Waals surface area contributed by atoms with Crippen molar-refractivity contribution in [2.45, 2.75) is 44.2 Å². The number of nitrogens with one attached hydrogen (secondary N) is 1. The van der Waals surface area contributed by atoms with Crippen LogP contribution in [0, 0.1) is 0 Å². The highest BCUT2D eigenvalue weighted by atomic mass is 35.5. The van der Waals surface area contributed by atoms with Gasteiger partial charge in [-0.2, -0.15) is 0 Å². The fraction of sp³-hybridized carbons (Fsp3) is 0.316. The molecule has 144 valence electrons. The van der Waals surface area contributed by atoms with Gasteiger partial charge in [-0.1, -0.05) is 54.5 Å². The highest BCUT2D eigenvalue weighted by molar-refractivity contribution is 7.89. The van der Waals surface area contributed by atoms with Crippen molar-refractivity contribution in [1.82, 2.24) is 9.29 Å². The Kier molecular flexibility index (Phi) is 6.05. The van der Waals surface area contributed by atoms with Crippen LogP contribution < -0.4 is 9.60 Å². The minimum absolute atomic E-state index is 0.140. The molecule has 1 aromatic heterocycles. The Labute approximate surface area is 167 Å². The van der Waals surface area contributed by atoms with Gasteiger partial charge in [-0.05, 0) is 43.2 Å². The lowest BCUT2D eigenvalue weighted by Gasteiger charge is -2.13. The minimum atomic E-state index is -3.62. The molecule has 1 unspecified atom stereocenters. The van der Waals surface area contributed by atoms with Crippen LogP contribution >= 0.6 is 22.9 Å². The van der Waals surface area contributed by atoms with Gasteiger partial charge in [-0.25, -0.2) is 13.1 Å². The molecule has 3 aromatic rings. The number of sulfonamides is 1. The molecule has 1 heterocycles. The summed E-state index contributed by atoms with van der Waals surface area (Å²) < 4.78 is 30.1. The number of hydrogen-bond donors (Lipinski definition) is 1. The first-order chi connectivity index (χ1) is 12.8. The van der Waals surface area contributed by atoms with E-state index in [0.29, 0.717) is 21.8 Å². The maximum atomic E-state index is 12.6. The van der Waals surface area contributed by atoms with Gasteiger partial charge in [-0.15, -0.1) is 0 Å². The standard InChI is InChI=1S/C19H21ClN2O3S2/c1-3-6-13(2)21-27(24,25)15-9-10-17-18(11-15)26-19(23)22(17)12-14-7-4-5-8-16(14)20/h4-5,7-11,13,21H,3,6,12H2,1-2H3. The predicted molar refractivity (Wildman–Crippen MR) is 111 cm³/mol. The average Bonchev–Trinajstić information content (AvgIpc) is 2.91. The molecule has 0 spiro atoms. The van der Waals surface area contributed by atoms with Crippen LogP contribution in [0.3, 0.4) is 0 Å². The number of thiazole rings is 1. The summed E-state index contributed by atoms with van der Waals surface area (Å²) in [7, 11) is -3.62. The van der Waals surface area contributed by atoms with Crippen molar-refractivity contribution in [1.29, 1.82) is 0 Å². The molecule has 0 aliphatic heterocycles. The van der Waals surface area contributed by atoms with Crippen LogP contribution in [-0.2, 0) is 16.6 Å². The summed E-state index contributed by atoms with van der Waals surface area (Å²) in [5, 5.41) is 0.594. The van der Waals surface area contributed by atoms with Crippen molar-refractivity contribution < 1.29 is 8.42 Å². The summed E-state index contributed by atoms with van der Waals surface area (Å²) in [5.41, 5.74) is 1.54. The molecule has 0 aliphatic rings. The molecule has 0 aliphatic carbocycles. The zero-order valence-corrected chi connectivity index (χ0v) is 17.5. The number of aromatic nitrogens is 1. The zero-order valence-electron chi connectivity index (χ0n) is 15.1. The second kappa shape index (κ2) is 8.14. The second-order valence-electron chi connectivity index (χ2n) is 6.49. The Morgan fingerprint density at radius 1 is 1.22 bits per heavy atom. The highest BCUT2D eigenvalue weighted by Gasteiger charge is 2.19. The molecule has 0 radical (unpaired) electrons. The van der Waals surface area contributed by atoms with Crippen LogP contribution in [0.15, 0.2) is 52.2 Å². The number of halogens is 1. The smallest absolute Gasteiger partial charge is 0.294 e. The zero-order chi connectivity index (χ0) is 19.6. The second-order valence-corrected chi connectivity index (χ2v) is 9.60. The number of benzene rings is 2. The highest BCUT2D eigenvalue weighted by Crippen LogP contribution is 2.24. The van der Waals surface area contributed by atoms with Crippen molar-refractivity contribution in [3.05, 3.63) is 62.7 Å². The molecule has 1 atom stereocenters. The molecule has 5 nitrogen and oxygen atoms in total. The lowest BCUT2D eigenvalue weighted by atomic mass is 10.2. The molecule has 3 rings (SSSR count). The van der Waals surface area contributed by atoms with Gasteiger partial charge in [-0.3, -0.25) is 9.36 Å². The van der Waals surface area contributed by atoms with E-state index in [0.717, 1.165) is 29.7 Å². The molecule has 8 heteroatoms. The quantitative estimate of drug-likeness (QED) is 0.617. The van der Waals surface area contributed by atoms with Crippen molar-refractivity contribution >= 4 is 43.2 Å². The van der Waals surface area contributed by atoms with Crippen molar-refractivity contribution in [3.63, 3.8) is 0 Å². The molecular formula is C19H21ClN2O3S2. The van der Waals surface area contributed by atoms with Crippen molar-refractivity contribution in [2.24, 2.45) is 0 Å². The van der Waals surface area contributed by atoms with E-state index in [1.807, 2.05) is 32.0 Å². The van der Waals surface area contributed by atoms with Crippen LogP contribution in [0.1, 0.15) is 32.3 Å². The maximum absolute atomic E-state index is 12.6. The van der Waals surface area contributed by atoms with Crippen LogP contribution in [0.4, 0.5) is 0 Å². The maximum Gasteiger partial charge on any atom is 0.308 e. The van der Waals surface area contributed by atoms with Gasteiger partial charge in [0, 0.05) is 11.1 Å². The summed E-state index contributed by atoms with van der Waals surface area (Å²) in [6.45, 7) is 4.20. The fourth-order valence-corrected chi connectivity index (χ4v) is 5.49. The number of rotatable bonds is 7. The Morgan fingerprint density at radius 3 is 2.67 bits per heavy atom. The molecule has 2 aromatic carbocycles. The Balaban J connectivity index is 1.96. The van der Waals surface area contributed by atoms with Crippen molar-refractivity contribution in [2.75, 3.05) is 0 Å². The van der Waals surface area contributed by atoms with Gasteiger partial charge in [0.15, 0.2) is 0 Å². The fourth-order valence-electron chi connectivity index (χ4n) is 2.99.